The monoisotopic (exact) mass is 386 g/mol. The average Bonchev–Trinajstić information content (AvgIpc) is 3.22. The fraction of sp³-hybridized carbons (Fsp3) is 0.136. The summed E-state index contributed by atoms with van der Waals surface area (Å²) >= 11 is 0. The van der Waals surface area contributed by atoms with E-state index in [-0.39, 0.29) is 5.69 Å². The number of hydrogen-bond donors (Lipinski definition) is 2. The molecule has 29 heavy (non-hydrogen) atoms. The maximum absolute atomic E-state index is 12.3. The van der Waals surface area contributed by atoms with Crippen LogP contribution >= 0.6 is 0 Å². The lowest BCUT2D eigenvalue weighted by Crippen LogP contribution is -2.25. The summed E-state index contributed by atoms with van der Waals surface area (Å²) in [6, 6.07) is 11.3. The van der Waals surface area contributed by atoms with Gasteiger partial charge in [-0.2, -0.15) is 4.73 Å². The Hall–Kier alpha value is -3.87. The van der Waals surface area contributed by atoms with Gasteiger partial charge in [0, 0.05) is 28.8 Å². The molecule has 0 aliphatic carbocycles. The largest absolute Gasteiger partial charge is 0.618 e. The molecule has 2 aromatic carbocycles. The molecule has 0 aliphatic heterocycles. The number of rotatable bonds is 2. The first-order valence-electron chi connectivity index (χ1n) is 9.25. The molecule has 5 rings (SSSR count). The minimum absolute atomic E-state index is 0.283. The summed E-state index contributed by atoms with van der Waals surface area (Å²) < 4.78 is 6.20. The SMILES string of the molecule is Cc1ccc2c(ccc[n+]2[O-])c1-c1cc(-c2c(C)noc2C)cc2[nH]c(=O)[nH]c12. The summed E-state index contributed by atoms with van der Waals surface area (Å²) in [5.74, 6) is 0.706. The summed E-state index contributed by atoms with van der Waals surface area (Å²) in [7, 11) is 0. The van der Waals surface area contributed by atoms with E-state index in [0.717, 1.165) is 43.6 Å². The highest BCUT2D eigenvalue weighted by Crippen LogP contribution is 2.38. The normalized spacial score (nSPS) is 11.6. The number of nitrogens with one attached hydrogen (secondary N) is 2. The quantitative estimate of drug-likeness (QED) is 0.355. The van der Waals surface area contributed by atoms with Gasteiger partial charge >= 0.3 is 5.69 Å². The molecule has 3 aromatic heterocycles. The van der Waals surface area contributed by atoms with Crippen molar-refractivity contribution in [3.8, 4) is 22.3 Å². The summed E-state index contributed by atoms with van der Waals surface area (Å²) in [6.07, 6.45) is 1.48. The van der Waals surface area contributed by atoms with Gasteiger partial charge in [0.1, 0.15) is 5.76 Å². The molecule has 0 fully saturated rings. The summed E-state index contributed by atoms with van der Waals surface area (Å²) in [4.78, 5) is 17.9. The number of fused-ring (bicyclic) bond motifs is 2. The fourth-order valence-electron chi connectivity index (χ4n) is 4.11. The van der Waals surface area contributed by atoms with Crippen LogP contribution in [0.15, 0.2) is 51.9 Å². The highest BCUT2D eigenvalue weighted by molar-refractivity contribution is 6.04. The second-order valence-corrected chi connectivity index (χ2v) is 7.25. The van der Waals surface area contributed by atoms with Crippen LogP contribution in [0.4, 0.5) is 0 Å². The van der Waals surface area contributed by atoms with Crippen LogP contribution in [0.5, 0.6) is 0 Å². The number of aromatic nitrogens is 4. The number of nitrogens with zero attached hydrogens (tertiary/aromatic N) is 2. The van der Waals surface area contributed by atoms with Crippen molar-refractivity contribution >= 4 is 21.9 Å². The zero-order chi connectivity index (χ0) is 20.3. The highest BCUT2D eigenvalue weighted by Gasteiger charge is 2.20. The Morgan fingerprint density at radius 3 is 2.66 bits per heavy atom. The van der Waals surface area contributed by atoms with Gasteiger partial charge in [0.2, 0.25) is 5.52 Å². The zero-order valence-electron chi connectivity index (χ0n) is 16.2. The lowest BCUT2D eigenvalue weighted by Gasteiger charge is -2.13. The van der Waals surface area contributed by atoms with E-state index in [1.165, 1.54) is 6.20 Å². The van der Waals surface area contributed by atoms with Crippen molar-refractivity contribution in [2.24, 2.45) is 0 Å². The summed E-state index contributed by atoms with van der Waals surface area (Å²) in [5.41, 5.74) is 6.98. The summed E-state index contributed by atoms with van der Waals surface area (Å²) in [6.45, 7) is 5.75. The van der Waals surface area contributed by atoms with E-state index in [1.54, 1.807) is 6.07 Å². The van der Waals surface area contributed by atoms with E-state index in [0.29, 0.717) is 22.3 Å². The van der Waals surface area contributed by atoms with Crippen LogP contribution in [0.3, 0.4) is 0 Å². The van der Waals surface area contributed by atoms with Gasteiger partial charge in [0.05, 0.1) is 22.1 Å². The number of imidazole rings is 1. The van der Waals surface area contributed by atoms with Crippen LogP contribution in [-0.4, -0.2) is 15.1 Å². The molecule has 0 aliphatic rings. The van der Waals surface area contributed by atoms with Gasteiger partial charge in [0.15, 0.2) is 6.20 Å². The second-order valence-electron chi connectivity index (χ2n) is 7.25. The third kappa shape index (κ3) is 2.55. The molecule has 0 bridgehead atoms. The minimum atomic E-state index is -0.283. The maximum Gasteiger partial charge on any atom is 0.323 e. The average molecular weight is 386 g/mol. The Morgan fingerprint density at radius 2 is 1.90 bits per heavy atom. The molecule has 3 heterocycles. The Bertz CT molecular complexity index is 1450. The van der Waals surface area contributed by atoms with Gasteiger partial charge in [-0.25, -0.2) is 4.79 Å². The van der Waals surface area contributed by atoms with Crippen molar-refractivity contribution in [3.63, 3.8) is 0 Å². The van der Waals surface area contributed by atoms with E-state index < -0.39 is 0 Å². The number of pyridine rings is 1. The van der Waals surface area contributed by atoms with E-state index >= 15 is 0 Å². The smallest absolute Gasteiger partial charge is 0.323 e. The first-order valence-corrected chi connectivity index (χ1v) is 9.25. The number of H-pyrrole nitrogens is 2. The second kappa shape index (κ2) is 6.07. The van der Waals surface area contributed by atoms with E-state index in [1.807, 2.05) is 51.1 Å². The van der Waals surface area contributed by atoms with Gasteiger partial charge in [-0.3, -0.25) is 0 Å². The zero-order valence-corrected chi connectivity index (χ0v) is 16.2. The van der Waals surface area contributed by atoms with E-state index in [9.17, 15) is 10.0 Å². The molecular weight excluding hydrogens is 368 g/mol. The van der Waals surface area contributed by atoms with Crippen molar-refractivity contribution < 1.29 is 9.25 Å². The van der Waals surface area contributed by atoms with Gasteiger partial charge in [-0.15, -0.1) is 0 Å². The standard InChI is InChI=1S/C22H18N4O3/c1-11-6-7-18-15(5-4-8-26(18)28)19(11)16-9-14(20-12(2)25-29-13(20)3)10-17-21(16)24-22(27)23-17/h4-10H,1-3H3,(H2,23,24,27). The van der Waals surface area contributed by atoms with Crippen LogP contribution in [0.1, 0.15) is 17.0 Å². The van der Waals surface area contributed by atoms with Crippen LogP contribution in [0.25, 0.3) is 44.2 Å². The molecule has 7 nitrogen and oxygen atoms in total. The molecule has 7 heteroatoms. The molecule has 0 spiro atoms. The lowest BCUT2D eigenvalue weighted by atomic mass is 9.91. The lowest BCUT2D eigenvalue weighted by molar-refractivity contribution is -0.577. The predicted molar refractivity (Wildman–Crippen MR) is 111 cm³/mol. The Balaban J connectivity index is 1.94. The molecule has 0 saturated heterocycles. The molecule has 0 radical (unpaired) electrons. The van der Waals surface area contributed by atoms with Crippen molar-refractivity contribution in [2.45, 2.75) is 20.8 Å². The van der Waals surface area contributed by atoms with Crippen LogP contribution < -0.4 is 10.4 Å². The van der Waals surface area contributed by atoms with Gasteiger partial charge < -0.3 is 19.7 Å². The molecule has 2 N–H and O–H groups in total. The highest BCUT2D eigenvalue weighted by atomic mass is 16.5. The Kier molecular flexibility index (Phi) is 3.61. The number of hydrogen-bond acceptors (Lipinski definition) is 4. The van der Waals surface area contributed by atoms with E-state index in [2.05, 4.69) is 15.1 Å². The Labute approximate surface area is 165 Å². The molecular formula is C22H18N4O3. The van der Waals surface area contributed by atoms with Crippen LogP contribution in [-0.2, 0) is 0 Å². The third-order valence-corrected chi connectivity index (χ3v) is 5.37. The van der Waals surface area contributed by atoms with Crippen molar-refractivity contribution in [1.82, 2.24) is 15.1 Å². The minimum Gasteiger partial charge on any atom is -0.618 e. The molecule has 0 saturated carbocycles. The first-order chi connectivity index (χ1) is 13.9. The topological polar surface area (TPSA) is 102 Å². The number of aryl methyl sites for hydroxylation is 3. The van der Waals surface area contributed by atoms with Gasteiger partial charge in [0.25, 0.3) is 0 Å². The van der Waals surface area contributed by atoms with Crippen LogP contribution in [0, 0.1) is 26.0 Å². The molecule has 5 aromatic rings. The van der Waals surface area contributed by atoms with Gasteiger partial charge in [-0.05, 0) is 50.1 Å². The molecule has 144 valence electrons. The molecule has 0 atom stereocenters. The third-order valence-electron chi connectivity index (χ3n) is 5.37. The number of aromatic amines is 2. The fourth-order valence-corrected chi connectivity index (χ4v) is 4.11. The first kappa shape index (κ1) is 17.2. The van der Waals surface area contributed by atoms with E-state index in [4.69, 9.17) is 4.52 Å². The maximum atomic E-state index is 12.3. The van der Waals surface area contributed by atoms with Crippen molar-refractivity contribution in [1.29, 1.82) is 0 Å². The summed E-state index contributed by atoms with van der Waals surface area (Å²) in [5, 5.41) is 17.2. The van der Waals surface area contributed by atoms with Crippen LogP contribution in [0.2, 0.25) is 0 Å². The van der Waals surface area contributed by atoms with Crippen molar-refractivity contribution in [2.75, 3.05) is 0 Å². The van der Waals surface area contributed by atoms with Gasteiger partial charge in [-0.1, -0.05) is 11.2 Å². The predicted octanol–water partition coefficient (Wildman–Crippen LogP) is 3.89. The molecule has 0 unspecified atom stereocenters. The number of benzene rings is 2. The molecule has 0 amide bonds. The Morgan fingerprint density at radius 1 is 1.07 bits per heavy atom. The van der Waals surface area contributed by atoms with Crippen molar-refractivity contribution in [3.05, 3.63) is 75.3 Å².